The minimum Gasteiger partial charge on any atom is -0.493 e. The van der Waals surface area contributed by atoms with Gasteiger partial charge in [0, 0.05) is 29.9 Å². The zero-order chi connectivity index (χ0) is 20.3. The van der Waals surface area contributed by atoms with Gasteiger partial charge in [0.05, 0.1) is 6.61 Å². The van der Waals surface area contributed by atoms with Gasteiger partial charge < -0.3 is 20.0 Å². The molecule has 0 unspecified atom stereocenters. The van der Waals surface area contributed by atoms with E-state index >= 15 is 0 Å². The first-order valence-electron chi connectivity index (χ1n) is 9.48. The summed E-state index contributed by atoms with van der Waals surface area (Å²) < 4.78 is 11.5. The van der Waals surface area contributed by atoms with E-state index in [0.29, 0.717) is 32.1 Å². The molecule has 0 atom stereocenters. The average Bonchev–Trinajstić information content (AvgIpc) is 2.77. The number of para-hydroxylation sites is 1. The number of nitrogens with two attached hydrogens (primary N) is 1. The summed E-state index contributed by atoms with van der Waals surface area (Å²) in [6.07, 6.45) is 4.23. The number of oxime groups is 1. The molecule has 150 valence electrons. The Balaban J connectivity index is 1.38. The van der Waals surface area contributed by atoms with Crippen molar-refractivity contribution in [2.75, 3.05) is 13.2 Å². The molecule has 2 N–H and O–H groups in total. The third-order valence-electron chi connectivity index (χ3n) is 4.17. The number of hydrogen-bond donors (Lipinski definition) is 1. The lowest BCUT2D eigenvalue weighted by Gasteiger charge is -2.08. The van der Waals surface area contributed by atoms with Crippen molar-refractivity contribution in [1.82, 2.24) is 4.98 Å². The molecule has 0 radical (unpaired) electrons. The van der Waals surface area contributed by atoms with Crippen LogP contribution in [0, 0.1) is 6.92 Å². The lowest BCUT2D eigenvalue weighted by Crippen LogP contribution is -2.14. The highest BCUT2D eigenvalue weighted by molar-refractivity contribution is 5.97. The Kier molecular flexibility index (Phi) is 7.46. The molecule has 1 aromatic heterocycles. The highest BCUT2D eigenvalue weighted by Gasteiger charge is 2.02. The van der Waals surface area contributed by atoms with E-state index in [-0.39, 0.29) is 0 Å². The summed E-state index contributed by atoms with van der Waals surface area (Å²) in [7, 11) is 0. The van der Waals surface area contributed by atoms with Crippen LogP contribution in [0.15, 0.2) is 78.2 Å². The van der Waals surface area contributed by atoms with Crippen molar-refractivity contribution in [2.45, 2.75) is 20.0 Å². The lowest BCUT2D eigenvalue weighted by molar-refractivity contribution is 0.127. The number of aromatic nitrogens is 1. The number of amidine groups is 1. The largest absolute Gasteiger partial charge is 0.493 e. The molecule has 0 fully saturated rings. The van der Waals surface area contributed by atoms with Gasteiger partial charge in [-0.2, -0.15) is 0 Å². The average molecular weight is 391 g/mol. The minimum absolute atomic E-state index is 0.323. The van der Waals surface area contributed by atoms with Gasteiger partial charge in [-0.3, -0.25) is 4.98 Å². The zero-order valence-corrected chi connectivity index (χ0v) is 16.5. The van der Waals surface area contributed by atoms with E-state index in [0.717, 1.165) is 28.2 Å². The Labute approximate surface area is 170 Å². The van der Waals surface area contributed by atoms with Crippen LogP contribution in [0.2, 0.25) is 0 Å². The van der Waals surface area contributed by atoms with Crippen LogP contribution in [0.25, 0.3) is 0 Å². The maximum atomic E-state index is 5.98. The van der Waals surface area contributed by atoms with Crippen molar-refractivity contribution in [3.8, 4) is 11.5 Å². The van der Waals surface area contributed by atoms with Gasteiger partial charge in [0.15, 0.2) is 5.84 Å². The van der Waals surface area contributed by atoms with Crippen LogP contribution in [0.3, 0.4) is 0 Å². The summed E-state index contributed by atoms with van der Waals surface area (Å²) in [5.74, 6) is 1.96. The maximum absolute atomic E-state index is 5.98. The highest BCUT2D eigenvalue weighted by Crippen LogP contribution is 2.16. The van der Waals surface area contributed by atoms with Crippen molar-refractivity contribution in [2.24, 2.45) is 10.9 Å². The monoisotopic (exact) mass is 391 g/mol. The summed E-state index contributed by atoms with van der Waals surface area (Å²) in [4.78, 5) is 9.36. The molecule has 6 heteroatoms. The fourth-order valence-corrected chi connectivity index (χ4v) is 2.56. The summed E-state index contributed by atoms with van der Waals surface area (Å²) in [6.45, 7) is 3.47. The van der Waals surface area contributed by atoms with Crippen LogP contribution in [-0.2, 0) is 11.4 Å². The zero-order valence-electron chi connectivity index (χ0n) is 16.5. The van der Waals surface area contributed by atoms with Crippen LogP contribution in [0.5, 0.6) is 11.5 Å². The fraction of sp³-hybridized carbons (Fsp3) is 0.217. The molecule has 0 aliphatic heterocycles. The maximum Gasteiger partial charge on any atom is 0.170 e. The second-order valence-corrected chi connectivity index (χ2v) is 6.45. The van der Waals surface area contributed by atoms with Gasteiger partial charge in [-0.1, -0.05) is 29.4 Å². The Hall–Kier alpha value is -3.54. The number of rotatable bonds is 10. The van der Waals surface area contributed by atoms with Crippen LogP contribution >= 0.6 is 0 Å². The third kappa shape index (κ3) is 6.53. The van der Waals surface area contributed by atoms with Gasteiger partial charge in [0.25, 0.3) is 0 Å². The number of pyridine rings is 1. The molecular formula is C23H25N3O3. The second-order valence-electron chi connectivity index (χ2n) is 6.45. The standard InChI is InChI=1S/C23H25N3O3/c1-18-6-2-3-8-22(18)27-14-5-15-29-26-23(24)20-9-11-21(12-10-20)28-17-19-7-4-13-25-16-19/h2-4,6-13,16H,5,14-15,17H2,1H3,(H2,24,26). The third-order valence-corrected chi connectivity index (χ3v) is 4.17. The van der Waals surface area contributed by atoms with Gasteiger partial charge in [-0.05, 0) is 48.9 Å². The van der Waals surface area contributed by atoms with Crippen molar-refractivity contribution in [1.29, 1.82) is 0 Å². The smallest absolute Gasteiger partial charge is 0.170 e. The fourth-order valence-electron chi connectivity index (χ4n) is 2.56. The molecule has 0 bridgehead atoms. The number of nitrogens with zero attached hydrogens (tertiary/aromatic N) is 2. The topological polar surface area (TPSA) is 79.0 Å². The van der Waals surface area contributed by atoms with Crippen LogP contribution in [0.1, 0.15) is 23.1 Å². The summed E-state index contributed by atoms with van der Waals surface area (Å²) in [5, 5.41) is 3.97. The molecule has 3 rings (SSSR count). The van der Waals surface area contributed by atoms with E-state index in [9.17, 15) is 0 Å². The van der Waals surface area contributed by atoms with Crippen molar-refractivity contribution < 1.29 is 14.3 Å². The molecule has 0 aliphatic carbocycles. The van der Waals surface area contributed by atoms with E-state index in [4.69, 9.17) is 20.0 Å². The molecule has 3 aromatic rings. The first kappa shape index (κ1) is 20.2. The quantitative estimate of drug-likeness (QED) is 0.244. The molecule has 0 amide bonds. The Morgan fingerprint density at radius 3 is 2.55 bits per heavy atom. The first-order valence-corrected chi connectivity index (χ1v) is 9.48. The molecule has 29 heavy (non-hydrogen) atoms. The summed E-state index contributed by atoms with van der Waals surface area (Å²) in [6, 6.07) is 19.2. The van der Waals surface area contributed by atoms with E-state index in [1.54, 1.807) is 12.4 Å². The summed E-state index contributed by atoms with van der Waals surface area (Å²) in [5.41, 5.74) is 8.88. The van der Waals surface area contributed by atoms with E-state index < -0.39 is 0 Å². The second kappa shape index (κ2) is 10.7. The summed E-state index contributed by atoms with van der Waals surface area (Å²) >= 11 is 0. The molecule has 0 saturated carbocycles. The predicted octanol–water partition coefficient (Wildman–Crippen LogP) is 4.08. The number of ether oxygens (including phenoxy) is 2. The van der Waals surface area contributed by atoms with Crippen LogP contribution in [0.4, 0.5) is 0 Å². The Morgan fingerprint density at radius 1 is 0.966 bits per heavy atom. The number of hydrogen-bond acceptors (Lipinski definition) is 5. The molecule has 0 saturated heterocycles. The number of benzene rings is 2. The molecule has 0 spiro atoms. The highest BCUT2D eigenvalue weighted by atomic mass is 16.6. The predicted molar refractivity (Wildman–Crippen MR) is 113 cm³/mol. The van der Waals surface area contributed by atoms with Gasteiger partial charge in [-0.25, -0.2) is 0 Å². The van der Waals surface area contributed by atoms with E-state index in [1.807, 2.05) is 67.6 Å². The van der Waals surface area contributed by atoms with E-state index in [1.165, 1.54) is 0 Å². The SMILES string of the molecule is Cc1ccccc1OCCCON=C(N)c1ccc(OCc2cccnc2)cc1. The van der Waals surface area contributed by atoms with E-state index in [2.05, 4.69) is 10.1 Å². The van der Waals surface area contributed by atoms with Gasteiger partial charge in [0.1, 0.15) is 24.7 Å². The lowest BCUT2D eigenvalue weighted by atomic mass is 10.2. The Bertz CT molecular complexity index is 912. The normalized spacial score (nSPS) is 11.1. The molecule has 2 aromatic carbocycles. The van der Waals surface area contributed by atoms with Crippen molar-refractivity contribution in [3.63, 3.8) is 0 Å². The molecule has 1 heterocycles. The van der Waals surface area contributed by atoms with Gasteiger partial charge in [-0.15, -0.1) is 0 Å². The molecular weight excluding hydrogens is 366 g/mol. The minimum atomic E-state index is 0.323. The van der Waals surface area contributed by atoms with Gasteiger partial charge in [0.2, 0.25) is 0 Å². The van der Waals surface area contributed by atoms with Gasteiger partial charge >= 0.3 is 0 Å². The van der Waals surface area contributed by atoms with Crippen LogP contribution < -0.4 is 15.2 Å². The Morgan fingerprint density at radius 2 is 1.79 bits per heavy atom. The van der Waals surface area contributed by atoms with Crippen LogP contribution in [-0.4, -0.2) is 24.0 Å². The molecule has 0 aliphatic rings. The van der Waals surface area contributed by atoms with Crippen molar-refractivity contribution >= 4 is 5.84 Å². The number of aryl methyl sites for hydroxylation is 1. The first-order chi connectivity index (χ1) is 14.2. The van der Waals surface area contributed by atoms with Crippen molar-refractivity contribution in [3.05, 3.63) is 89.7 Å². The molecule has 6 nitrogen and oxygen atoms in total.